The number of aliphatic imine (C=N–C) groups is 1. The van der Waals surface area contributed by atoms with E-state index in [9.17, 15) is 13.2 Å². The predicted molar refractivity (Wildman–Crippen MR) is 82.6 cm³/mol. The smallest absolute Gasteiger partial charge is 0.283 e. The summed E-state index contributed by atoms with van der Waals surface area (Å²) in [6.45, 7) is 0. The molecule has 0 amide bonds. The number of carbonyl (C=O) groups excluding carboxylic acids is 1. The number of carbonyl (C=O) groups is 1. The zero-order valence-electron chi connectivity index (χ0n) is 11.4. The monoisotopic (exact) mass is 310 g/mol. The minimum atomic E-state index is -3.69. The van der Waals surface area contributed by atoms with E-state index in [1.54, 1.807) is 24.3 Å². The molecule has 0 saturated heterocycles. The molecule has 0 aromatic heterocycles. The summed E-state index contributed by atoms with van der Waals surface area (Å²) in [7, 11) is -3.69. The van der Waals surface area contributed by atoms with Crippen LogP contribution in [0.5, 0.6) is 0 Å². The van der Waals surface area contributed by atoms with Crippen LogP contribution >= 0.6 is 0 Å². The second-order valence-electron chi connectivity index (χ2n) is 5.09. The third-order valence-electron chi connectivity index (χ3n) is 3.68. The molecule has 0 saturated carbocycles. The lowest BCUT2D eigenvalue weighted by atomic mass is 9.87. The maximum atomic E-state index is 12.6. The van der Waals surface area contributed by atoms with E-state index >= 15 is 0 Å². The molecule has 0 radical (unpaired) electrons. The van der Waals surface area contributed by atoms with E-state index in [1.165, 1.54) is 6.07 Å². The Balaban J connectivity index is 1.92. The summed E-state index contributed by atoms with van der Waals surface area (Å²) >= 11 is 0. The second kappa shape index (κ2) is 4.45. The SMILES string of the molecule is O=C1C(=Nc2ccccc2)CC2=NS(=O)(=O)c3cccc1c32. The van der Waals surface area contributed by atoms with Gasteiger partial charge in [0.05, 0.1) is 22.0 Å². The van der Waals surface area contributed by atoms with E-state index in [0.29, 0.717) is 28.2 Å². The van der Waals surface area contributed by atoms with Crippen LogP contribution < -0.4 is 0 Å². The third kappa shape index (κ3) is 1.84. The Hall–Kier alpha value is -2.60. The van der Waals surface area contributed by atoms with Crippen molar-refractivity contribution in [3.63, 3.8) is 0 Å². The van der Waals surface area contributed by atoms with Crippen molar-refractivity contribution >= 4 is 32.9 Å². The molecule has 2 aromatic carbocycles. The van der Waals surface area contributed by atoms with Crippen molar-refractivity contribution in [3.8, 4) is 0 Å². The van der Waals surface area contributed by atoms with E-state index in [4.69, 9.17) is 0 Å². The largest absolute Gasteiger partial charge is 0.287 e. The summed E-state index contributed by atoms with van der Waals surface area (Å²) in [6, 6.07) is 13.8. The number of hydrogen-bond donors (Lipinski definition) is 0. The van der Waals surface area contributed by atoms with Crippen LogP contribution in [0.4, 0.5) is 5.69 Å². The van der Waals surface area contributed by atoms with Crippen LogP contribution in [0, 0.1) is 0 Å². The molecule has 108 valence electrons. The van der Waals surface area contributed by atoms with Gasteiger partial charge in [-0.2, -0.15) is 12.8 Å². The van der Waals surface area contributed by atoms with Gasteiger partial charge in [0.15, 0.2) is 0 Å². The lowest BCUT2D eigenvalue weighted by Crippen LogP contribution is -2.26. The number of ketones is 1. The standard InChI is InChI=1S/C16H10N2O3S/c19-16-11-7-4-8-14-15(11)12(18-22(14,20)21)9-13(16)17-10-5-2-1-3-6-10/h1-8H,9H2. The Morgan fingerprint density at radius 1 is 1.00 bits per heavy atom. The molecule has 0 atom stereocenters. The van der Waals surface area contributed by atoms with E-state index < -0.39 is 10.0 Å². The van der Waals surface area contributed by atoms with E-state index in [2.05, 4.69) is 9.39 Å². The van der Waals surface area contributed by atoms with Gasteiger partial charge in [-0.05, 0) is 18.2 Å². The molecule has 5 nitrogen and oxygen atoms in total. The van der Waals surface area contributed by atoms with Crippen molar-refractivity contribution in [2.45, 2.75) is 11.3 Å². The van der Waals surface area contributed by atoms with E-state index in [0.717, 1.165) is 0 Å². The fourth-order valence-corrected chi connectivity index (χ4v) is 4.02. The highest BCUT2D eigenvalue weighted by atomic mass is 32.2. The van der Waals surface area contributed by atoms with Crippen molar-refractivity contribution in [2.75, 3.05) is 0 Å². The summed E-state index contributed by atoms with van der Waals surface area (Å²) in [5.74, 6) is -0.239. The van der Waals surface area contributed by atoms with Crippen molar-refractivity contribution in [1.82, 2.24) is 0 Å². The molecule has 1 heterocycles. The van der Waals surface area contributed by atoms with Gasteiger partial charge in [0.2, 0.25) is 5.78 Å². The molecule has 2 aromatic rings. The van der Waals surface area contributed by atoms with Crippen molar-refractivity contribution in [1.29, 1.82) is 0 Å². The van der Waals surface area contributed by atoms with Gasteiger partial charge >= 0.3 is 0 Å². The average Bonchev–Trinajstić information content (AvgIpc) is 2.77. The Morgan fingerprint density at radius 2 is 1.77 bits per heavy atom. The van der Waals surface area contributed by atoms with Crippen molar-refractivity contribution in [3.05, 3.63) is 59.7 Å². The fraction of sp³-hybridized carbons (Fsp3) is 0.0625. The van der Waals surface area contributed by atoms with Crippen LogP contribution in [0.15, 0.2) is 62.8 Å². The lowest BCUT2D eigenvalue weighted by Gasteiger charge is -2.16. The van der Waals surface area contributed by atoms with Crippen molar-refractivity contribution < 1.29 is 13.2 Å². The maximum absolute atomic E-state index is 12.6. The highest BCUT2D eigenvalue weighted by Crippen LogP contribution is 2.34. The summed E-state index contributed by atoms with van der Waals surface area (Å²) in [4.78, 5) is 17.1. The normalized spacial score (nSPS) is 19.9. The number of Topliss-reactive ketones (excluding diaryl/α,β-unsaturated/α-hetero) is 1. The molecule has 2 aliphatic rings. The Morgan fingerprint density at radius 3 is 2.55 bits per heavy atom. The Bertz CT molecular complexity index is 974. The molecule has 1 aliphatic carbocycles. The molecule has 0 bridgehead atoms. The summed E-state index contributed by atoms with van der Waals surface area (Å²) < 4.78 is 27.9. The zero-order valence-corrected chi connectivity index (χ0v) is 12.2. The fourth-order valence-electron chi connectivity index (χ4n) is 2.74. The van der Waals surface area contributed by atoms with Crippen LogP contribution in [-0.4, -0.2) is 25.6 Å². The average molecular weight is 310 g/mol. The van der Waals surface area contributed by atoms with E-state index in [-0.39, 0.29) is 17.1 Å². The van der Waals surface area contributed by atoms with Gasteiger partial charge in [-0.15, -0.1) is 0 Å². The molecule has 0 spiro atoms. The number of para-hydroxylation sites is 1. The van der Waals surface area contributed by atoms with Crippen LogP contribution in [-0.2, 0) is 10.0 Å². The highest BCUT2D eigenvalue weighted by Gasteiger charge is 2.38. The summed E-state index contributed by atoms with van der Waals surface area (Å²) in [6.07, 6.45) is 0.136. The third-order valence-corrected chi connectivity index (χ3v) is 5.04. The van der Waals surface area contributed by atoms with Gasteiger partial charge in [0, 0.05) is 17.5 Å². The molecular weight excluding hydrogens is 300 g/mol. The zero-order chi connectivity index (χ0) is 15.3. The number of hydrogen-bond acceptors (Lipinski definition) is 4. The van der Waals surface area contributed by atoms with Crippen LogP contribution in [0.2, 0.25) is 0 Å². The summed E-state index contributed by atoms with van der Waals surface area (Å²) in [5, 5.41) is 0. The molecule has 0 unspecified atom stereocenters. The first-order valence-electron chi connectivity index (χ1n) is 6.71. The Labute approximate surface area is 127 Å². The minimum absolute atomic E-state index is 0.118. The predicted octanol–water partition coefficient (Wildman–Crippen LogP) is 2.54. The quantitative estimate of drug-likeness (QED) is 0.812. The lowest BCUT2D eigenvalue weighted by molar-refractivity contribution is 0.106. The van der Waals surface area contributed by atoms with Crippen LogP contribution in [0.3, 0.4) is 0 Å². The Kier molecular flexibility index (Phi) is 2.65. The molecule has 4 rings (SSSR count). The van der Waals surface area contributed by atoms with Gasteiger partial charge in [-0.25, -0.2) is 4.99 Å². The molecule has 22 heavy (non-hydrogen) atoms. The van der Waals surface area contributed by atoms with Crippen LogP contribution in [0.25, 0.3) is 0 Å². The minimum Gasteiger partial charge on any atom is -0.287 e. The highest BCUT2D eigenvalue weighted by molar-refractivity contribution is 7.90. The van der Waals surface area contributed by atoms with Gasteiger partial charge in [-0.3, -0.25) is 4.79 Å². The van der Waals surface area contributed by atoms with Crippen LogP contribution in [0.1, 0.15) is 22.3 Å². The molecule has 0 fully saturated rings. The first kappa shape index (κ1) is 13.1. The molecule has 1 aliphatic heterocycles. The number of sulfonamides is 1. The first-order chi connectivity index (χ1) is 10.6. The topological polar surface area (TPSA) is 75.9 Å². The molecular formula is C16H10N2O3S. The number of nitrogens with zero attached hydrogens (tertiary/aromatic N) is 2. The molecule has 6 heteroatoms. The van der Waals surface area contributed by atoms with E-state index in [1.807, 2.05) is 18.2 Å². The maximum Gasteiger partial charge on any atom is 0.283 e. The molecule has 0 N–H and O–H groups in total. The second-order valence-corrected chi connectivity index (χ2v) is 6.66. The van der Waals surface area contributed by atoms with Crippen molar-refractivity contribution in [2.24, 2.45) is 9.39 Å². The van der Waals surface area contributed by atoms with Gasteiger partial charge in [0.1, 0.15) is 0 Å². The number of benzene rings is 2. The van der Waals surface area contributed by atoms with Gasteiger partial charge in [-0.1, -0.05) is 30.3 Å². The first-order valence-corrected chi connectivity index (χ1v) is 8.15. The summed E-state index contributed by atoms with van der Waals surface area (Å²) in [5.41, 5.74) is 2.18. The number of rotatable bonds is 1. The van der Waals surface area contributed by atoms with Gasteiger partial charge in [0.25, 0.3) is 10.0 Å². The van der Waals surface area contributed by atoms with Gasteiger partial charge < -0.3 is 0 Å².